The first-order valence-electron chi connectivity index (χ1n) is 0.309. The molecule has 0 amide bonds. The van der Waals surface area contributed by atoms with Gasteiger partial charge in [-0.15, -0.1) is 0 Å². The molecule has 0 saturated carbocycles. The Morgan fingerprint density at radius 1 is 1.25 bits per heavy atom. The Morgan fingerprint density at radius 2 is 1.25 bits per heavy atom. The molecule has 0 spiro atoms. The second-order valence-corrected chi connectivity index (χ2v) is 0.525. The molecule has 4 heavy (non-hydrogen) atoms. The molecule has 20 valence electrons. The molecule has 0 aromatic rings. The van der Waals surface area contributed by atoms with Gasteiger partial charge < -0.3 is 0 Å². The normalized spacial score (nSPS) is 4.50. The Hall–Kier alpha value is 1.28. The zero-order chi connectivity index (χ0) is 2.71. The smallest absolute Gasteiger partial charge is 0.166 e. The third-order valence-electron chi connectivity index (χ3n) is 0. The molecule has 0 unspecified atom stereocenters. The average molecular weight is 180 g/mol. The van der Waals surface area contributed by atoms with Crippen LogP contribution in [-0.2, 0) is 26.2 Å². The van der Waals surface area contributed by atoms with E-state index >= 15 is 0 Å². The zero-order valence-electron chi connectivity index (χ0n) is 1.61. The fraction of sp³-hybridized carbons (Fsp3) is 0. The molecule has 0 aliphatic heterocycles. The average Bonchev–Trinajstić information content (AvgIpc) is 0.918. The summed E-state index contributed by atoms with van der Waals surface area (Å²) in [6.45, 7) is 0. The molecular weight excluding hydrogens is 180 g/mol. The zero-order valence-corrected chi connectivity index (χ0v) is 5.32. The molecule has 0 saturated heterocycles. The summed E-state index contributed by atoms with van der Waals surface area (Å²) in [4.78, 5) is 0. The number of rotatable bonds is 0. The summed E-state index contributed by atoms with van der Waals surface area (Å²) in [5.41, 5.74) is 0. The molecule has 0 bridgehead atoms. The van der Waals surface area contributed by atoms with Gasteiger partial charge in [0.1, 0.15) is 0 Å². The largest absolute Gasteiger partial charge is 5.00 e. The van der Waals surface area contributed by atoms with Crippen LogP contribution in [-0.4, -0.2) is 0 Å². The minimum atomic E-state index is 0. The Kier molecular flexibility index (Phi) is 19.9. The van der Waals surface area contributed by atoms with Gasteiger partial charge in [0.15, 0.2) is 0 Å². The van der Waals surface area contributed by atoms with Crippen LogP contribution in [0.25, 0.3) is 0 Å². The summed E-state index contributed by atoms with van der Waals surface area (Å²) in [7, 11) is 0. The second-order valence-electron chi connectivity index (χ2n) is 0.0583. The predicted molar refractivity (Wildman–Crippen MR) is 12.8 cm³/mol. The maximum atomic E-state index is 4.26. The van der Waals surface area contributed by atoms with Crippen LogP contribution in [0.2, 0.25) is 0 Å². The quantitative estimate of drug-likeness (QED) is 0.510. The van der Waals surface area contributed by atoms with Gasteiger partial charge in [0.05, 0.1) is 23.7 Å². The van der Waals surface area contributed by atoms with E-state index in [-0.39, 0.29) is 22.4 Å². The minimum Gasteiger partial charge on any atom is -0.166 e. The second kappa shape index (κ2) is 8.86. The molecule has 0 aromatic carbocycles. The monoisotopic (exact) mass is 179 g/mol. The van der Waals surface area contributed by atoms with E-state index in [1.54, 1.807) is 0 Å². The van der Waals surface area contributed by atoms with E-state index in [0.29, 0.717) is 0 Å². The molecule has 0 aromatic heterocycles. The Labute approximate surface area is 50.1 Å². The molecule has 0 rings (SSSR count). The van der Waals surface area contributed by atoms with Gasteiger partial charge in [-0.05, 0) is 0 Å². The van der Waals surface area contributed by atoms with Gasteiger partial charge in [0, 0.05) is 0 Å². The maximum Gasteiger partial charge on any atom is 5.00 e. The van der Waals surface area contributed by atoms with Crippen LogP contribution in [0.5, 0.6) is 0 Å². The fourth-order valence-corrected chi connectivity index (χ4v) is 0. The van der Waals surface area contributed by atoms with Crippen LogP contribution in [0.1, 0.15) is 0 Å². The minimum absolute atomic E-state index is 0. The summed E-state index contributed by atoms with van der Waals surface area (Å²) < 4.78 is 3.19. The van der Waals surface area contributed by atoms with E-state index in [9.17, 15) is 0 Å². The van der Waals surface area contributed by atoms with Crippen molar-refractivity contribution in [3.05, 3.63) is 0 Å². The Morgan fingerprint density at radius 3 is 1.25 bits per heavy atom. The van der Waals surface area contributed by atoms with Crippen LogP contribution in [0.15, 0.2) is 0 Å². The van der Waals surface area contributed by atoms with Gasteiger partial charge in [0.2, 0.25) is 0 Å². The Balaban J connectivity index is 0. The molecule has 0 fully saturated rings. The van der Waals surface area contributed by atoms with Crippen molar-refractivity contribution in [1.29, 1.82) is 0 Å². The van der Waals surface area contributed by atoms with E-state index in [1.165, 1.54) is 0 Å². The molecule has 0 aliphatic rings. The molecule has 0 aliphatic carbocycles. The van der Waals surface area contributed by atoms with Crippen molar-refractivity contribution in [3.63, 3.8) is 0 Å². The first-order chi connectivity index (χ1) is 1.41. The van der Waals surface area contributed by atoms with Crippen molar-refractivity contribution in [1.82, 2.24) is 0 Å². The van der Waals surface area contributed by atoms with Crippen LogP contribution < -0.4 is 0 Å². The summed E-state index contributed by atoms with van der Waals surface area (Å²) in [5.74, 6) is 0. The summed E-state index contributed by atoms with van der Waals surface area (Å²) in [5, 5.41) is 0. The van der Waals surface area contributed by atoms with Gasteiger partial charge >= 0.3 is 22.4 Å². The van der Waals surface area contributed by atoms with Crippen LogP contribution in [0.3, 0.4) is 0 Å². The molecule has 4 heteroatoms. The van der Waals surface area contributed by atoms with Crippen LogP contribution >= 0.6 is 23.7 Å². The predicted octanol–water partition coefficient (Wildman–Crippen LogP) is 1.31. The van der Waals surface area contributed by atoms with Crippen molar-refractivity contribution in [2.24, 2.45) is 0 Å². The third kappa shape index (κ3) is 10.4. The van der Waals surface area contributed by atoms with Crippen molar-refractivity contribution in [2.75, 3.05) is 0 Å². The van der Waals surface area contributed by atoms with Gasteiger partial charge in [0.25, 0.3) is 0 Å². The van der Waals surface area contributed by atoms with Crippen LogP contribution in [0.4, 0.5) is 0 Å². The Bertz CT molecular complexity index is 6.00. The standard InChI is InChI=1S/Cl2O.Nb/c1-3-2;/q;+5. The molecule has 1 nitrogen and oxygen atoms in total. The first kappa shape index (κ1) is 8.99. The van der Waals surface area contributed by atoms with Crippen molar-refractivity contribution < 1.29 is 26.2 Å². The number of halogens is 2. The molecule has 0 N–H and O–H groups in total. The molecule has 0 atom stereocenters. The summed E-state index contributed by atoms with van der Waals surface area (Å²) >= 11 is 8.53. The van der Waals surface area contributed by atoms with E-state index in [1.807, 2.05) is 0 Å². The van der Waals surface area contributed by atoms with Gasteiger partial charge in [-0.1, -0.05) is 0 Å². The maximum absolute atomic E-state index is 4.26. The summed E-state index contributed by atoms with van der Waals surface area (Å²) in [6, 6.07) is 0. The van der Waals surface area contributed by atoms with Gasteiger partial charge in [-0.2, -0.15) is 3.84 Å². The van der Waals surface area contributed by atoms with Crippen LogP contribution in [0, 0.1) is 0 Å². The SMILES string of the molecule is ClOCl.[Nb+5]. The first-order valence-corrected chi connectivity index (χ1v) is 0.926. The van der Waals surface area contributed by atoms with Gasteiger partial charge in [-0.25, -0.2) is 0 Å². The van der Waals surface area contributed by atoms with E-state index < -0.39 is 0 Å². The topological polar surface area (TPSA) is 9.23 Å². The third-order valence-corrected chi connectivity index (χ3v) is 0. The van der Waals surface area contributed by atoms with E-state index in [2.05, 4.69) is 27.6 Å². The number of hydrogen-bond acceptors (Lipinski definition) is 1. The number of hydrogen-bond donors (Lipinski definition) is 0. The van der Waals surface area contributed by atoms with E-state index in [0.717, 1.165) is 0 Å². The summed E-state index contributed by atoms with van der Waals surface area (Å²) in [6.07, 6.45) is 0. The fourth-order valence-electron chi connectivity index (χ4n) is 0. The molecule has 0 radical (unpaired) electrons. The van der Waals surface area contributed by atoms with Crippen molar-refractivity contribution >= 4 is 23.7 Å². The van der Waals surface area contributed by atoms with Crippen molar-refractivity contribution in [3.8, 4) is 0 Å². The van der Waals surface area contributed by atoms with Crippen molar-refractivity contribution in [2.45, 2.75) is 0 Å². The molecular formula is Cl2NbO+5. The van der Waals surface area contributed by atoms with E-state index in [4.69, 9.17) is 0 Å². The van der Waals surface area contributed by atoms with Gasteiger partial charge in [-0.3, -0.25) is 0 Å². The molecule has 0 heterocycles.